The van der Waals surface area contributed by atoms with Crippen LogP contribution in [0.15, 0.2) is 24.3 Å². The number of hydrogen-bond donors (Lipinski definition) is 0. The lowest BCUT2D eigenvalue weighted by Gasteiger charge is -2.37. The molecule has 0 aliphatic rings. The molecule has 1 rings (SSSR count). The molecule has 0 aliphatic heterocycles. The molecule has 0 saturated heterocycles. The van der Waals surface area contributed by atoms with E-state index in [-0.39, 0.29) is 5.92 Å². The van der Waals surface area contributed by atoms with Crippen LogP contribution < -0.4 is 0 Å². The molecular formula is C24H39F3O2. The van der Waals surface area contributed by atoms with E-state index < -0.39 is 17.5 Å². The summed E-state index contributed by atoms with van der Waals surface area (Å²) in [6.07, 6.45) is 5.63. The summed E-state index contributed by atoms with van der Waals surface area (Å²) in [5, 5.41) is 0. The minimum absolute atomic E-state index is 0.205. The maximum atomic E-state index is 12.8. The Bertz CT molecular complexity index is 534. The summed E-state index contributed by atoms with van der Waals surface area (Å²) in [6, 6.07) is 5.51. The summed E-state index contributed by atoms with van der Waals surface area (Å²) in [7, 11) is 0. The zero-order valence-electron chi connectivity index (χ0n) is 18.6. The van der Waals surface area contributed by atoms with Crippen molar-refractivity contribution >= 4 is 0 Å². The molecule has 1 aromatic rings. The molecule has 168 valence electrons. The highest BCUT2D eigenvalue weighted by Gasteiger charge is 2.35. The first-order chi connectivity index (χ1) is 13.8. The number of alkyl halides is 3. The molecule has 0 spiro atoms. The highest BCUT2D eigenvalue weighted by atomic mass is 19.4. The van der Waals surface area contributed by atoms with Gasteiger partial charge < -0.3 is 9.47 Å². The number of benzene rings is 1. The lowest BCUT2D eigenvalue weighted by atomic mass is 9.87. The molecule has 0 fully saturated rings. The average molecular weight is 417 g/mol. The van der Waals surface area contributed by atoms with Crippen LogP contribution in [0.25, 0.3) is 0 Å². The van der Waals surface area contributed by atoms with Crippen molar-refractivity contribution in [1.29, 1.82) is 0 Å². The van der Waals surface area contributed by atoms with Gasteiger partial charge in [-0.3, -0.25) is 0 Å². The zero-order chi connectivity index (χ0) is 21.8. The van der Waals surface area contributed by atoms with Gasteiger partial charge in [-0.25, -0.2) is 0 Å². The summed E-state index contributed by atoms with van der Waals surface area (Å²) in [5.41, 5.74) is 0.319. The lowest BCUT2D eigenvalue weighted by Crippen LogP contribution is -2.41. The van der Waals surface area contributed by atoms with E-state index in [1.807, 2.05) is 20.8 Å². The van der Waals surface area contributed by atoms with E-state index in [1.54, 1.807) is 12.1 Å². The fourth-order valence-corrected chi connectivity index (χ4v) is 3.89. The molecule has 0 aliphatic carbocycles. The minimum atomic E-state index is -4.29. The van der Waals surface area contributed by atoms with Crippen molar-refractivity contribution in [1.82, 2.24) is 0 Å². The average Bonchev–Trinajstić information content (AvgIpc) is 2.66. The van der Waals surface area contributed by atoms with Gasteiger partial charge in [0.1, 0.15) is 0 Å². The first kappa shape index (κ1) is 26.0. The predicted octanol–water partition coefficient (Wildman–Crippen LogP) is 7.79. The Morgan fingerprint density at radius 1 is 0.793 bits per heavy atom. The van der Waals surface area contributed by atoms with Crippen molar-refractivity contribution in [3.63, 3.8) is 0 Å². The first-order valence-corrected chi connectivity index (χ1v) is 11.2. The number of hydrogen-bond acceptors (Lipinski definition) is 2. The molecule has 1 atom stereocenters. The van der Waals surface area contributed by atoms with Crippen molar-refractivity contribution < 1.29 is 22.6 Å². The van der Waals surface area contributed by atoms with Gasteiger partial charge >= 0.3 is 6.18 Å². The second-order valence-corrected chi connectivity index (χ2v) is 7.87. The van der Waals surface area contributed by atoms with Gasteiger partial charge in [0, 0.05) is 19.1 Å². The fourth-order valence-electron chi connectivity index (χ4n) is 3.89. The molecule has 0 N–H and O–H groups in total. The smallest absolute Gasteiger partial charge is 0.350 e. The monoisotopic (exact) mass is 416 g/mol. The van der Waals surface area contributed by atoms with E-state index in [2.05, 4.69) is 6.92 Å². The third kappa shape index (κ3) is 9.52. The molecule has 29 heavy (non-hydrogen) atoms. The van der Waals surface area contributed by atoms with Crippen molar-refractivity contribution in [3.8, 4) is 0 Å². The molecule has 0 aromatic heterocycles. The van der Waals surface area contributed by atoms with E-state index in [1.165, 1.54) is 44.2 Å². The Kier molecular flexibility index (Phi) is 11.9. The van der Waals surface area contributed by atoms with E-state index in [0.717, 1.165) is 24.8 Å². The summed E-state index contributed by atoms with van der Waals surface area (Å²) in [5.74, 6) is -0.449. The quantitative estimate of drug-likeness (QED) is 0.214. The first-order valence-electron chi connectivity index (χ1n) is 11.2. The zero-order valence-corrected chi connectivity index (χ0v) is 18.6. The van der Waals surface area contributed by atoms with Crippen LogP contribution in [0.4, 0.5) is 13.2 Å². The van der Waals surface area contributed by atoms with Crippen molar-refractivity contribution in [2.45, 2.75) is 97.4 Å². The third-order valence-electron chi connectivity index (χ3n) is 5.57. The maximum Gasteiger partial charge on any atom is 0.416 e. The lowest BCUT2D eigenvalue weighted by molar-refractivity contribution is -0.254. The van der Waals surface area contributed by atoms with Crippen LogP contribution in [0, 0.1) is 5.92 Å². The molecule has 1 unspecified atom stereocenters. The Morgan fingerprint density at radius 3 is 1.86 bits per heavy atom. The highest BCUT2D eigenvalue weighted by Crippen LogP contribution is 2.33. The maximum absolute atomic E-state index is 12.8. The number of ether oxygens (including phenoxy) is 2. The second-order valence-electron chi connectivity index (χ2n) is 7.87. The van der Waals surface area contributed by atoms with Crippen molar-refractivity contribution in [2.75, 3.05) is 13.2 Å². The van der Waals surface area contributed by atoms with Crippen LogP contribution in [-0.4, -0.2) is 19.0 Å². The van der Waals surface area contributed by atoms with Crippen LogP contribution in [0.2, 0.25) is 0 Å². The summed E-state index contributed by atoms with van der Waals surface area (Å²) in [4.78, 5) is 0. The molecule has 2 nitrogen and oxygen atoms in total. The van der Waals surface area contributed by atoms with Gasteiger partial charge in [-0.2, -0.15) is 13.2 Å². The molecular weight excluding hydrogens is 377 g/mol. The van der Waals surface area contributed by atoms with E-state index in [9.17, 15) is 13.2 Å². The van der Waals surface area contributed by atoms with Gasteiger partial charge in [0.2, 0.25) is 0 Å². The van der Waals surface area contributed by atoms with Crippen LogP contribution in [0.3, 0.4) is 0 Å². The minimum Gasteiger partial charge on any atom is -0.350 e. The van der Waals surface area contributed by atoms with Crippen LogP contribution >= 0.6 is 0 Å². The van der Waals surface area contributed by atoms with E-state index in [0.29, 0.717) is 19.6 Å². The van der Waals surface area contributed by atoms with Crippen LogP contribution in [0.5, 0.6) is 0 Å². The normalized spacial score (nSPS) is 13.6. The molecule has 1 aromatic carbocycles. The van der Waals surface area contributed by atoms with Gasteiger partial charge in [0.05, 0.1) is 5.56 Å². The SMILES string of the molecule is CCCCCCCCC(CCc1ccc(C(F)(F)F)cc1)C(C)(OCC)OCC. The fraction of sp³-hybridized carbons (Fsp3) is 0.750. The number of unbranched alkanes of at least 4 members (excludes halogenated alkanes) is 5. The standard InChI is InChI=1S/C24H39F3O2/c1-5-8-9-10-11-12-13-21(23(4,28-6-2)29-7-3)17-14-20-15-18-22(19-16-20)24(25,26)27/h15-16,18-19,21H,5-14,17H2,1-4H3. The highest BCUT2D eigenvalue weighted by molar-refractivity contribution is 5.24. The van der Waals surface area contributed by atoms with E-state index >= 15 is 0 Å². The van der Waals surface area contributed by atoms with Crippen molar-refractivity contribution in [2.24, 2.45) is 5.92 Å². The Hall–Kier alpha value is -1.07. The predicted molar refractivity (Wildman–Crippen MR) is 113 cm³/mol. The van der Waals surface area contributed by atoms with Crippen LogP contribution in [0.1, 0.15) is 90.2 Å². The van der Waals surface area contributed by atoms with Gasteiger partial charge in [0.15, 0.2) is 5.79 Å². The number of rotatable bonds is 15. The number of aryl methyl sites for hydroxylation is 1. The summed E-state index contributed by atoms with van der Waals surface area (Å²) >= 11 is 0. The third-order valence-corrected chi connectivity index (χ3v) is 5.57. The van der Waals surface area contributed by atoms with Gasteiger partial charge in [-0.05, 0) is 57.7 Å². The largest absolute Gasteiger partial charge is 0.416 e. The van der Waals surface area contributed by atoms with Crippen LogP contribution in [-0.2, 0) is 22.1 Å². The topological polar surface area (TPSA) is 18.5 Å². The van der Waals surface area contributed by atoms with Gasteiger partial charge in [-0.1, -0.05) is 57.6 Å². The van der Waals surface area contributed by atoms with E-state index in [4.69, 9.17) is 9.47 Å². The summed E-state index contributed by atoms with van der Waals surface area (Å²) < 4.78 is 50.3. The number of halogens is 3. The Labute approximate surface area is 175 Å². The molecule has 0 amide bonds. The Morgan fingerprint density at radius 2 is 1.34 bits per heavy atom. The molecule has 5 heteroatoms. The van der Waals surface area contributed by atoms with Gasteiger partial charge in [-0.15, -0.1) is 0 Å². The van der Waals surface area contributed by atoms with Gasteiger partial charge in [0.25, 0.3) is 0 Å². The molecule has 0 heterocycles. The summed E-state index contributed by atoms with van der Waals surface area (Å²) in [6.45, 7) is 9.30. The van der Waals surface area contributed by atoms with Crippen molar-refractivity contribution in [3.05, 3.63) is 35.4 Å². The molecule has 0 bridgehead atoms. The molecule has 0 radical (unpaired) electrons. The second kappa shape index (κ2) is 13.3. The molecule has 0 saturated carbocycles. The Balaban J connectivity index is 2.73.